The third-order valence-corrected chi connectivity index (χ3v) is 4.88. The van der Waals surface area contributed by atoms with Crippen LogP contribution >= 0.6 is 11.6 Å². The van der Waals surface area contributed by atoms with E-state index in [4.69, 9.17) is 16.1 Å². The summed E-state index contributed by atoms with van der Waals surface area (Å²) in [6.07, 6.45) is -3.93. The molecule has 2 aromatic carbocycles. The first-order chi connectivity index (χ1) is 14.3. The Balaban J connectivity index is 1.50. The van der Waals surface area contributed by atoms with Crippen LogP contribution in [0.5, 0.6) is 5.75 Å². The van der Waals surface area contributed by atoms with E-state index in [-0.39, 0.29) is 18.2 Å². The number of alkyl halides is 3. The lowest BCUT2D eigenvalue weighted by Gasteiger charge is -2.22. The Hall–Kier alpha value is -3.07. The van der Waals surface area contributed by atoms with Crippen molar-refractivity contribution in [1.29, 1.82) is 0 Å². The minimum absolute atomic E-state index is 0.0990. The summed E-state index contributed by atoms with van der Waals surface area (Å²) in [6.45, 7) is 0.199. The number of rotatable bonds is 5. The van der Waals surface area contributed by atoms with Crippen LogP contribution in [-0.2, 0) is 11.3 Å². The van der Waals surface area contributed by atoms with Gasteiger partial charge in [-0.2, -0.15) is 4.98 Å². The minimum Gasteiger partial charge on any atom is -0.406 e. The monoisotopic (exact) mass is 437 g/mol. The van der Waals surface area contributed by atoms with Crippen molar-refractivity contribution in [3.63, 3.8) is 0 Å². The number of halogens is 4. The van der Waals surface area contributed by atoms with Crippen LogP contribution in [0.1, 0.15) is 30.3 Å². The third-order valence-electron chi connectivity index (χ3n) is 4.65. The lowest BCUT2D eigenvalue weighted by molar-refractivity contribution is -0.274. The van der Waals surface area contributed by atoms with Crippen molar-refractivity contribution in [1.82, 2.24) is 15.0 Å². The molecule has 10 heteroatoms. The van der Waals surface area contributed by atoms with Crippen LogP contribution in [0.25, 0.3) is 11.4 Å². The number of carbonyl (C=O) groups is 1. The fourth-order valence-corrected chi connectivity index (χ4v) is 3.49. The van der Waals surface area contributed by atoms with Crippen LogP contribution in [0.3, 0.4) is 0 Å². The highest BCUT2D eigenvalue weighted by Gasteiger charge is 2.36. The zero-order valence-electron chi connectivity index (χ0n) is 15.4. The summed E-state index contributed by atoms with van der Waals surface area (Å²) >= 11 is 6.00. The number of hydrogen-bond acceptors (Lipinski definition) is 5. The van der Waals surface area contributed by atoms with E-state index in [0.717, 1.165) is 0 Å². The highest BCUT2D eigenvalue weighted by Crippen LogP contribution is 2.34. The van der Waals surface area contributed by atoms with Crippen molar-refractivity contribution in [2.75, 3.05) is 0 Å². The molecule has 0 saturated carbocycles. The summed E-state index contributed by atoms with van der Waals surface area (Å²) in [5.41, 5.74) is 1.34. The van der Waals surface area contributed by atoms with Crippen LogP contribution < -0.4 is 4.74 Å². The topological polar surface area (TPSA) is 68.5 Å². The van der Waals surface area contributed by atoms with Crippen LogP contribution in [0, 0.1) is 0 Å². The molecule has 1 saturated heterocycles. The Morgan fingerprint density at radius 2 is 1.97 bits per heavy atom. The maximum Gasteiger partial charge on any atom is 0.573 e. The molecule has 0 bridgehead atoms. The van der Waals surface area contributed by atoms with Gasteiger partial charge in [0.15, 0.2) is 0 Å². The first-order valence-corrected chi connectivity index (χ1v) is 9.40. The van der Waals surface area contributed by atoms with E-state index in [9.17, 15) is 18.0 Å². The zero-order valence-corrected chi connectivity index (χ0v) is 16.2. The molecule has 1 atom stereocenters. The molecule has 2 heterocycles. The van der Waals surface area contributed by atoms with Crippen molar-refractivity contribution in [3.8, 4) is 17.1 Å². The number of ether oxygens (including phenoxy) is 1. The first kappa shape index (κ1) is 20.2. The molecule has 1 aliphatic rings. The SMILES string of the molecule is O=C1CCC(c2nc(-c3cccc(Cl)c3)no2)N1Cc1ccc(OC(F)(F)F)cc1. The molecule has 1 fully saturated rings. The van der Waals surface area contributed by atoms with Crippen LogP contribution in [0.15, 0.2) is 53.1 Å². The normalized spacial score (nSPS) is 16.9. The predicted molar refractivity (Wildman–Crippen MR) is 100 cm³/mol. The standard InChI is InChI=1S/C20H15ClF3N3O3/c21-14-3-1-2-13(10-14)18-25-19(30-26-18)16-8-9-17(28)27(16)11-12-4-6-15(7-5-12)29-20(22,23)24/h1-7,10,16H,8-9,11H2. The molecule has 1 aliphatic heterocycles. The second-order valence-electron chi connectivity index (χ2n) is 6.73. The summed E-state index contributed by atoms with van der Waals surface area (Å²) in [4.78, 5) is 18.4. The Morgan fingerprint density at radius 3 is 2.67 bits per heavy atom. The molecule has 1 aromatic heterocycles. The van der Waals surface area contributed by atoms with Gasteiger partial charge in [-0.05, 0) is 36.2 Å². The van der Waals surface area contributed by atoms with Gasteiger partial charge in [-0.15, -0.1) is 13.2 Å². The third kappa shape index (κ3) is 4.56. The molecule has 1 amide bonds. The van der Waals surface area contributed by atoms with E-state index in [1.54, 1.807) is 29.2 Å². The van der Waals surface area contributed by atoms with Crippen molar-refractivity contribution >= 4 is 17.5 Å². The summed E-state index contributed by atoms with van der Waals surface area (Å²) in [6, 6.07) is 12.0. The quantitative estimate of drug-likeness (QED) is 0.552. The van der Waals surface area contributed by atoms with E-state index < -0.39 is 12.4 Å². The molecular formula is C20H15ClF3N3O3. The van der Waals surface area contributed by atoms with Crippen LogP contribution in [0.4, 0.5) is 13.2 Å². The van der Waals surface area contributed by atoms with Gasteiger partial charge in [-0.3, -0.25) is 4.79 Å². The fourth-order valence-electron chi connectivity index (χ4n) is 3.30. The van der Waals surface area contributed by atoms with E-state index in [1.165, 1.54) is 24.3 Å². The molecular weight excluding hydrogens is 423 g/mol. The maximum absolute atomic E-state index is 12.4. The van der Waals surface area contributed by atoms with Crippen LogP contribution in [0.2, 0.25) is 5.02 Å². The van der Waals surface area contributed by atoms with Crippen molar-refractivity contribution < 1.29 is 27.2 Å². The van der Waals surface area contributed by atoms with Gasteiger partial charge in [-0.25, -0.2) is 0 Å². The van der Waals surface area contributed by atoms with E-state index in [0.29, 0.717) is 40.7 Å². The van der Waals surface area contributed by atoms with E-state index in [2.05, 4.69) is 14.9 Å². The molecule has 4 rings (SSSR count). The summed E-state index contributed by atoms with van der Waals surface area (Å²) in [7, 11) is 0. The molecule has 0 spiro atoms. The molecule has 1 unspecified atom stereocenters. The second kappa shape index (κ2) is 7.98. The van der Waals surface area contributed by atoms with Gasteiger partial charge in [0.2, 0.25) is 17.6 Å². The smallest absolute Gasteiger partial charge is 0.406 e. The van der Waals surface area contributed by atoms with Gasteiger partial charge in [0.25, 0.3) is 0 Å². The number of aromatic nitrogens is 2. The van der Waals surface area contributed by atoms with E-state index >= 15 is 0 Å². The first-order valence-electron chi connectivity index (χ1n) is 9.02. The van der Waals surface area contributed by atoms with Gasteiger partial charge in [0, 0.05) is 23.6 Å². The van der Waals surface area contributed by atoms with Gasteiger partial charge in [0.1, 0.15) is 11.8 Å². The molecule has 0 N–H and O–H groups in total. The average Bonchev–Trinajstić information content (AvgIpc) is 3.30. The number of nitrogens with zero attached hydrogens (tertiary/aromatic N) is 3. The Bertz CT molecular complexity index is 1050. The van der Waals surface area contributed by atoms with Gasteiger partial charge >= 0.3 is 6.36 Å². The molecule has 6 nitrogen and oxygen atoms in total. The Kier molecular flexibility index (Phi) is 5.38. The summed E-state index contributed by atoms with van der Waals surface area (Å²) < 4.78 is 46.2. The number of hydrogen-bond donors (Lipinski definition) is 0. The highest BCUT2D eigenvalue weighted by atomic mass is 35.5. The minimum atomic E-state index is -4.75. The van der Waals surface area contributed by atoms with Gasteiger partial charge in [-0.1, -0.05) is 41.0 Å². The molecule has 156 valence electrons. The summed E-state index contributed by atoms with van der Waals surface area (Å²) in [5, 5.41) is 4.52. The van der Waals surface area contributed by atoms with Gasteiger partial charge in [0.05, 0.1) is 0 Å². The van der Waals surface area contributed by atoms with Gasteiger partial charge < -0.3 is 14.2 Å². The Labute approximate surface area is 174 Å². The van der Waals surface area contributed by atoms with Crippen LogP contribution in [-0.4, -0.2) is 27.3 Å². The molecule has 3 aromatic rings. The van der Waals surface area contributed by atoms with E-state index in [1.807, 2.05) is 0 Å². The highest BCUT2D eigenvalue weighted by molar-refractivity contribution is 6.30. The number of carbonyl (C=O) groups excluding carboxylic acids is 1. The molecule has 0 aliphatic carbocycles. The van der Waals surface area contributed by atoms with Crippen molar-refractivity contribution in [2.24, 2.45) is 0 Å². The Morgan fingerprint density at radius 1 is 1.20 bits per heavy atom. The van der Waals surface area contributed by atoms with Crippen molar-refractivity contribution in [2.45, 2.75) is 31.8 Å². The number of benzene rings is 2. The lowest BCUT2D eigenvalue weighted by Crippen LogP contribution is -2.27. The molecule has 30 heavy (non-hydrogen) atoms. The number of likely N-dealkylation sites (tertiary alicyclic amines) is 1. The zero-order chi connectivity index (χ0) is 21.3. The number of amides is 1. The maximum atomic E-state index is 12.4. The fraction of sp³-hybridized carbons (Fsp3) is 0.250. The lowest BCUT2D eigenvalue weighted by atomic mass is 10.1. The van der Waals surface area contributed by atoms with Crippen molar-refractivity contribution in [3.05, 3.63) is 65.0 Å². The average molecular weight is 438 g/mol. The molecule has 0 radical (unpaired) electrons. The summed E-state index contributed by atoms with van der Waals surface area (Å²) in [5.74, 6) is 0.241. The second-order valence-corrected chi connectivity index (χ2v) is 7.17. The predicted octanol–water partition coefficient (Wildman–Crippen LogP) is 5.15. The largest absolute Gasteiger partial charge is 0.573 e.